The van der Waals surface area contributed by atoms with E-state index < -0.39 is 0 Å². The Morgan fingerprint density at radius 2 is 1.97 bits per heavy atom. The van der Waals surface area contributed by atoms with Gasteiger partial charge in [-0.05, 0) is 37.1 Å². The first kappa shape index (κ1) is 21.5. The zero-order valence-electron chi connectivity index (χ0n) is 18.1. The third-order valence-electron chi connectivity index (χ3n) is 6.96. The Bertz CT molecular complexity index is 861. The first-order chi connectivity index (χ1) is 15.3. The van der Waals surface area contributed by atoms with Crippen LogP contribution in [0.3, 0.4) is 0 Å². The van der Waals surface area contributed by atoms with Crippen LogP contribution >= 0.6 is 23.1 Å². The van der Waals surface area contributed by atoms with Gasteiger partial charge in [-0.15, -0.1) is 21.5 Å². The van der Waals surface area contributed by atoms with Crippen molar-refractivity contribution in [3.05, 3.63) is 28.2 Å². The summed E-state index contributed by atoms with van der Waals surface area (Å²) in [5.74, 6) is 1.71. The van der Waals surface area contributed by atoms with Crippen LogP contribution in [0, 0.1) is 0 Å². The summed E-state index contributed by atoms with van der Waals surface area (Å²) in [6.07, 6.45) is 11.9. The molecule has 0 bridgehead atoms. The van der Waals surface area contributed by atoms with Crippen LogP contribution in [0.25, 0.3) is 0 Å². The van der Waals surface area contributed by atoms with E-state index in [1.807, 2.05) is 0 Å². The number of carbonyl (C=O) groups excluding carboxylic acids is 1. The van der Waals surface area contributed by atoms with Crippen molar-refractivity contribution in [3.8, 4) is 0 Å². The van der Waals surface area contributed by atoms with Crippen molar-refractivity contribution in [2.45, 2.75) is 87.6 Å². The molecular weight excluding hydrogens is 428 g/mol. The summed E-state index contributed by atoms with van der Waals surface area (Å²) in [5, 5.41) is 12.2. The monoisotopic (exact) mass is 460 g/mol. The van der Waals surface area contributed by atoms with Crippen molar-refractivity contribution < 1.29 is 9.53 Å². The molecule has 6 nitrogen and oxygen atoms in total. The smallest absolute Gasteiger partial charge is 0.233 e. The molecule has 3 fully saturated rings. The minimum Gasteiger partial charge on any atom is -0.374 e. The predicted molar refractivity (Wildman–Crippen MR) is 124 cm³/mol. The third kappa shape index (κ3) is 4.86. The number of aromatic nitrogens is 3. The van der Waals surface area contributed by atoms with E-state index in [9.17, 15) is 4.79 Å². The zero-order valence-corrected chi connectivity index (χ0v) is 19.7. The molecule has 2 saturated carbocycles. The number of thioether (sulfide) groups is 1. The van der Waals surface area contributed by atoms with Gasteiger partial charge in [0.2, 0.25) is 5.91 Å². The molecular formula is C23H32N4O2S2. The van der Waals surface area contributed by atoms with E-state index in [1.54, 1.807) is 23.1 Å². The number of nitrogens with zero attached hydrogens (tertiary/aromatic N) is 4. The van der Waals surface area contributed by atoms with Crippen LogP contribution in [0.2, 0.25) is 0 Å². The lowest BCUT2D eigenvalue weighted by Gasteiger charge is -2.43. The summed E-state index contributed by atoms with van der Waals surface area (Å²) < 4.78 is 8.31. The second kappa shape index (κ2) is 10.0. The van der Waals surface area contributed by atoms with Gasteiger partial charge in [-0.2, -0.15) is 0 Å². The van der Waals surface area contributed by atoms with E-state index >= 15 is 0 Å². The average Bonchev–Trinajstić information content (AvgIpc) is 3.48. The van der Waals surface area contributed by atoms with E-state index in [1.165, 1.54) is 49.8 Å². The molecule has 0 aromatic carbocycles. The van der Waals surface area contributed by atoms with Gasteiger partial charge >= 0.3 is 0 Å². The minimum atomic E-state index is 0.225. The number of fused-ring (bicyclic) bond motifs is 1. The number of morpholine rings is 1. The molecule has 168 valence electrons. The van der Waals surface area contributed by atoms with Gasteiger partial charge in [-0.1, -0.05) is 49.9 Å². The molecule has 2 atom stereocenters. The number of thiophene rings is 1. The Hall–Kier alpha value is -1.38. The number of hydrogen-bond donors (Lipinski definition) is 0. The summed E-state index contributed by atoms with van der Waals surface area (Å²) in [6, 6.07) is 4.99. The van der Waals surface area contributed by atoms with Crippen LogP contribution in [0.15, 0.2) is 22.7 Å². The molecule has 0 radical (unpaired) electrons. The van der Waals surface area contributed by atoms with Crippen molar-refractivity contribution >= 4 is 29.0 Å². The van der Waals surface area contributed by atoms with Gasteiger partial charge in [-0.3, -0.25) is 4.79 Å². The van der Waals surface area contributed by atoms with Gasteiger partial charge in [0.1, 0.15) is 5.82 Å². The highest BCUT2D eigenvalue weighted by Gasteiger charge is 2.36. The van der Waals surface area contributed by atoms with Crippen molar-refractivity contribution in [2.24, 2.45) is 0 Å². The fraction of sp³-hybridized carbons (Fsp3) is 0.696. The van der Waals surface area contributed by atoms with Crippen molar-refractivity contribution in [1.82, 2.24) is 19.7 Å². The van der Waals surface area contributed by atoms with Crippen LogP contribution in [-0.4, -0.2) is 56.6 Å². The van der Waals surface area contributed by atoms with Crippen LogP contribution in [0.1, 0.15) is 74.5 Å². The largest absolute Gasteiger partial charge is 0.374 e. The SMILES string of the molecule is O=C(CSc1nnc(Cc2cccs2)n1C1CCCCC1)N1CCOC2CCCCC21. The van der Waals surface area contributed by atoms with Crippen molar-refractivity contribution in [1.29, 1.82) is 0 Å². The third-order valence-corrected chi connectivity index (χ3v) is 8.77. The Morgan fingerprint density at radius 1 is 1.13 bits per heavy atom. The number of carbonyl (C=O) groups is 1. The second-order valence-corrected chi connectivity index (χ2v) is 10.9. The fourth-order valence-electron chi connectivity index (χ4n) is 5.42. The lowest BCUT2D eigenvalue weighted by molar-refractivity contribution is -0.146. The molecule has 1 saturated heterocycles. The van der Waals surface area contributed by atoms with Crippen molar-refractivity contribution in [3.63, 3.8) is 0 Å². The van der Waals surface area contributed by atoms with Crippen LogP contribution in [0.5, 0.6) is 0 Å². The fourth-order valence-corrected chi connectivity index (χ4v) is 7.03. The molecule has 2 unspecified atom stereocenters. The number of hydrogen-bond acceptors (Lipinski definition) is 6. The highest BCUT2D eigenvalue weighted by Crippen LogP contribution is 2.34. The molecule has 3 heterocycles. The number of rotatable bonds is 6. The van der Waals surface area contributed by atoms with E-state index in [4.69, 9.17) is 4.74 Å². The molecule has 31 heavy (non-hydrogen) atoms. The molecule has 1 amide bonds. The number of amides is 1. The van der Waals surface area contributed by atoms with Gasteiger partial charge in [0.05, 0.1) is 24.5 Å². The van der Waals surface area contributed by atoms with Gasteiger partial charge in [0.25, 0.3) is 0 Å². The summed E-state index contributed by atoms with van der Waals surface area (Å²) >= 11 is 3.35. The maximum atomic E-state index is 13.2. The maximum absolute atomic E-state index is 13.2. The Morgan fingerprint density at radius 3 is 2.81 bits per heavy atom. The molecule has 0 spiro atoms. The molecule has 0 N–H and O–H groups in total. The van der Waals surface area contributed by atoms with Crippen LogP contribution in [0.4, 0.5) is 0 Å². The normalized spacial score (nSPS) is 24.8. The van der Waals surface area contributed by atoms with Gasteiger partial charge < -0.3 is 14.2 Å². The summed E-state index contributed by atoms with van der Waals surface area (Å²) in [6.45, 7) is 1.39. The Balaban J connectivity index is 1.30. The second-order valence-electron chi connectivity index (χ2n) is 8.95. The molecule has 8 heteroatoms. The molecule has 2 aliphatic carbocycles. The van der Waals surface area contributed by atoms with E-state index in [-0.39, 0.29) is 18.1 Å². The molecule has 3 aliphatic rings. The maximum Gasteiger partial charge on any atom is 0.233 e. The molecule has 2 aromatic rings. The molecule has 2 aromatic heterocycles. The first-order valence-corrected chi connectivity index (χ1v) is 13.7. The first-order valence-electron chi connectivity index (χ1n) is 11.8. The van der Waals surface area contributed by atoms with Gasteiger partial charge in [0, 0.05) is 23.9 Å². The van der Waals surface area contributed by atoms with E-state index in [0.717, 1.165) is 36.8 Å². The Kier molecular flexibility index (Phi) is 6.96. The molecule has 5 rings (SSSR count). The zero-order chi connectivity index (χ0) is 21.0. The predicted octanol–water partition coefficient (Wildman–Crippen LogP) is 4.70. The highest BCUT2D eigenvalue weighted by molar-refractivity contribution is 7.99. The highest BCUT2D eigenvalue weighted by atomic mass is 32.2. The van der Waals surface area contributed by atoms with Gasteiger partial charge in [-0.25, -0.2) is 0 Å². The average molecular weight is 461 g/mol. The quantitative estimate of drug-likeness (QED) is 0.585. The van der Waals surface area contributed by atoms with E-state index in [2.05, 4.69) is 37.2 Å². The minimum absolute atomic E-state index is 0.225. The lowest BCUT2D eigenvalue weighted by atomic mass is 9.90. The van der Waals surface area contributed by atoms with Crippen molar-refractivity contribution in [2.75, 3.05) is 18.9 Å². The summed E-state index contributed by atoms with van der Waals surface area (Å²) in [5.41, 5.74) is 0. The standard InChI is InChI=1S/C23H32N4O2S2/c28-22(26-12-13-29-20-11-5-4-10-19(20)26)16-31-23-25-24-21(15-18-9-6-14-30-18)27(23)17-7-2-1-3-8-17/h6,9,14,17,19-20H,1-5,7-8,10-13,15-16H2. The topological polar surface area (TPSA) is 60.2 Å². The van der Waals surface area contributed by atoms with E-state index in [0.29, 0.717) is 18.4 Å². The molecule has 1 aliphatic heterocycles. The number of ether oxygens (including phenoxy) is 1. The lowest BCUT2D eigenvalue weighted by Crippen LogP contribution is -2.55. The van der Waals surface area contributed by atoms with Crippen LogP contribution in [-0.2, 0) is 16.0 Å². The summed E-state index contributed by atoms with van der Waals surface area (Å²) in [7, 11) is 0. The summed E-state index contributed by atoms with van der Waals surface area (Å²) in [4.78, 5) is 16.6. The van der Waals surface area contributed by atoms with Gasteiger partial charge in [0.15, 0.2) is 5.16 Å². The van der Waals surface area contributed by atoms with Crippen LogP contribution < -0.4 is 0 Å². The Labute approximate surface area is 192 Å².